The van der Waals surface area contributed by atoms with Gasteiger partial charge in [-0.25, -0.2) is 0 Å². The second-order valence-corrected chi connectivity index (χ2v) is 4.97. The van der Waals surface area contributed by atoms with Crippen LogP contribution in [0.5, 0.6) is 5.75 Å². The lowest BCUT2D eigenvalue weighted by atomic mass is 10.2. The van der Waals surface area contributed by atoms with E-state index in [1.165, 1.54) is 0 Å². The summed E-state index contributed by atoms with van der Waals surface area (Å²) in [5, 5.41) is 3.25. The van der Waals surface area contributed by atoms with Crippen LogP contribution in [0, 0.1) is 0 Å². The van der Waals surface area contributed by atoms with Crippen LogP contribution in [0.25, 0.3) is 0 Å². The van der Waals surface area contributed by atoms with Crippen LogP contribution >= 0.6 is 11.6 Å². The summed E-state index contributed by atoms with van der Waals surface area (Å²) >= 11 is 5.99. The molecule has 0 fully saturated rings. The Morgan fingerprint density at radius 2 is 2.14 bits per heavy atom. The van der Waals surface area contributed by atoms with Crippen molar-refractivity contribution < 1.29 is 4.74 Å². The Morgan fingerprint density at radius 3 is 3.00 bits per heavy atom. The van der Waals surface area contributed by atoms with E-state index >= 15 is 0 Å². The van der Waals surface area contributed by atoms with Crippen molar-refractivity contribution in [3.8, 4) is 5.75 Å². The molecule has 0 bridgehead atoms. The molecular formula is C14H16ClN5O. The lowest BCUT2D eigenvalue weighted by Gasteiger charge is -2.20. The maximum atomic E-state index is 5.99. The van der Waals surface area contributed by atoms with E-state index in [0.29, 0.717) is 31.6 Å². The number of fused-ring (bicyclic) bond motifs is 1. The molecule has 1 N–H and O–H groups in total. The van der Waals surface area contributed by atoms with Crippen molar-refractivity contribution in [1.29, 1.82) is 0 Å². The number of halogens is 1. The fourth-order valence-electron chi connectivity index (χ4n) is 2.21. The second kappa shape index (κ2) is 6.13. The number of nitrogens with zero attached hydrogens (tertiary/aromatic N) is 4. The van der Waals surface area contributed by atoms with Crippen LogP contribution in [-0.2, 0) is 6.54 Å². The number of ether oxygens (including phenoxy) is 1. The highest BCUT2D eigenvalue weighted by Gasteiger charge is 2.18. The number of benzene rings is 1. The van der Waals surface area contributed by atoms with Gasteiger partial charge in [-0.3, -0.25) is 0 Å². The summed E-state index contributed by atoms with van der Waals surface area (Å²) in [6.07, 6.45) is 0. The highest BCUT2D eigenvalue weighted by molar-refractivity contribution is 6.28. The van der Waals surface area contributed by atoms with Gasteiger partial charge in [0.05, 0.1) is 6.54 Å². The molecule has 1 aliphatic heterocycles. The summed E-state index contributed by atoms with van der Waals surface area (Å²) in [6.45, 7) is 4.67. The number of nitrogens with one attached hydrogen (secondary N) is 1. The number of hydrogen-bond acceptors (Lipinski definition) is 6. The Morgan fingerprint density at radius 1 is 1.29 bits per heavy atom. The number of hydrogen-bond donors (Lipinski definition) is 1. The van der Waals surface area contributed by atoms with Crippen molar-refractivity contribution in [3.63, 3.8) is 0 Å². The standard InChI is InChI=1S/C14H16ClN5O/c1-2-16-13-17-12(15)18-14(19-13)20-7-8-21-11-6-4-3-5-10(11)9-20/h3-6H,2,7-9H2,1H3,(H,16,17,18,19). The van der Waals surface area contributed by atoms with Crippen LogP contribution in [0.4, 0.5) is 11.9 Å². The largest absolute Gasteiger partial charge is 0.491 e. The van der Waals surface area contributed by atoms with E-state index in [0.717, 1.165) is 17.9 Å². The van der Waals surface area contributed by atoms with Gasteiger partial charge in [0.15, 0.2) is 0 Å². The van der Waals surface area contributed by atoms with E-state index in [1.807, 2.05) is 36.1 Å². The minimum Gasteiger partial charge on any atom is -0.491 e. The molecule has 1 aromatic carbocycles. The molecule has 1 aromatic heterocycles. The van der Waals surface area contributed by atoms with Gasteiger partial charge < -0.3 is 15.0 Å². The van der Waals surface area contributed by atoms with Gasteiger partial charge in [0.1, 0.15) is 12.4 Å². The average Bonchev–Trinajstić information content (AvgIpc) is 2.69. The number of rotatable bonds is 3. The van der Waals surface area contributed by atoms with Gasteiger partial charge in [-0.1, -0.05) is 18.2 Å². The molecule has 0 radical (unpaired) electrons. The Kier molecular flexibility index (Phi) is 4.06. The van der Waals surface area contributed by atoms with Gasteiger partial charge in [0.2, 0.25) is 17.2 Å². The average molecular weight is 306 g/mol. The van der Waals surface area contributed by atoms with Gasteiger partial charge in [-0.2, -0.15) is 15.0 Å². The first-order chi connectivity index (χ1) is 10.3. The molecule has 21 heavy (non-hydrogen) atoms. The first-order valence-corrected chi connectivity index (χ1v) is 7.25. The molecule has 3 rings (SSSR count). The Balaban J connectivity index is 1.90. The topological polar surface area (TPSA) is 63.2 Å². The molecule has 0 saturated heterocycles. The molecule has 7 heteroatoms. The third kappa shape index (κ3) is 3.16. The van der Waals surface area contributed by atoms with Crippen molar-refractivity contribution in [3.05, 3.63) is 35.1 Å². The molecule has 0 atom stereocenters. The van der Waals surface area contributed by atoms with E-state index in [4.69, 9.17) is 16.3 Å². The van der Waals surface area contributed by atoms with E-state index in [-0.39, 0.29) is 5.28 Å². The monoisotopic (exact) mass is 305 g/mol. The van der Waals surface area contributed by atoms with Gasteiger partial charge in [0.25, 0.3) is 0 Å². The zero-order valence-corrected chi connectivity index (χ0v) is 12.5. The summed E-state index contributed by atoms with van der Waals surface area (Å²) in [4.78, 5) is 14.7. The molecule has 1 aliphatic rings. The molecule has 6 nitrogen and oxygen atoms in total. The molecule has 110 valence electrons. The summed E-state index contributed by atoms with van der Waals surface area (Å²) in [5.41, 5.74) is 1.11. The van der Waals surface area contributed by atoms with Crippen molar-refractivity contribution in [1.82, 2.24) is 15.0 Å². The SMILES string of the molecule is CCNc1nc(Cl)nc(N2CCOc3ccccc3C2)n1. The Bertz CT molecular complexity index is 637. The zero-order valence-electron chi connectivity index (χ0n) is 11.7. The molecule has 2 heterocycles. The molecule has 0 spiro atoms. The number of aromatic nitrogens is 3. The van der Waals surface area contributed by atoms with Gasteiger partial charge in [-0.15, -0.1) is 0 Å². The minimum absolute atomic E-state index is 0.189. The summed E-state index contributed by atoms with van der Waals surface area (Å²) in [6, 6.07) is 7.98. The quantitative estimate of drug-likeness (QED) is 0.939. The third-order valence-corrected chi connectivity index (χ3v) is 3.34. The molecular weight excluding hydrogens is 290 g/mol. The maximum Gasteiger partial charge on any atom is 0.231 e. The van der Waals surface area contributed by atoms with Gasteiger partial charge in [0, 0.05) is 18.7 Å². The fraction of sp³-hybridized carbons (Fsp3) is 0.357. The van der Waals surface area contributed by atoms with Gasteiger partial charge >= 0.3 is 0 Å². The molecule has 0 saturated carbocycles. The number of para-hydroxylation sites is 1. The van der Waals surface area contributed by atoms with E-state index in [1.54, 1.807) is 0 Å². The highest BCUT2D eigenvalue weighted by atomic mass is 35.5. The summed E-state index contributed by atoms with van der Waals surface area (Å²) in [5.74, 6) is 1.96. The van der Waals surface area contributed by atoms with Crippen LogP contribution in [0.15, 0.2) is 24.3 Å². The van der Waals surface area contributed by atoms with Crippen molar-refractivity contribution >= 4 is 23.5 Å². The van der Waals surface area contributed by atoms with Crippen LogP contribution in [0.3, 0.4) is 0 Å². The Labute approximate surface area is 128 Å². The third-order valence-electron chi connectivity index (χ3n) is 3.17. The first kappa shape index (κ1) is 13.9. The van der Waals surface area contributed by atoms with Crippen molar-refractivity contribution in [2.45, 2.75) is 13.5 Å². The van der Waals surface area contributed by atoms with Crippen molar-refractivity contribution in [2.24, 2.45) is 0 Å². The maximum absolute atomic E-state index is 5.99. The van der Waals surface area contributed by atoms with Crippen LogP contribution in [-0.4, -0.2) is 34.6 Å². The smallest absolute Gasteiger partial charge is 0.231 e. The van der Waals surface area contributed by atoms with Crippen molar-refractivity contribution in [2.75, 3.05) is 29.9 Å². The summed E-state index contributed by atoms with van der Waals surface area (Å²) < 4.78 is 5.75. The normalized spacial score (nSPS) is 14.1. The van der Waals surface area contributed by atoms with Gasteiger partial charge in [-0.05, 0) is 24.6 Å². The summed E-state index contributed by atoms with van der Waals surface area (Å²) in [7, 11) is 0. The minimum atomic E-state index is 0.189. The predicted molar refractivity (Wildman–Crippen MR) is 82.0 cm³/mol. The fourth-order valence-corrected chi connectivity index (χ4v) is 2.37. The zero-order chi connectivity index (χ0) is 14.7. The van der Waals surface area contributed by atoms with E-state index in [2.05, 4.69) is 20.3 Å². The predicted octanol–water partition coefficient (Wildman–Crippen LogP) is 2.36. The van der Waals surface area contributed by atoms with Crippen LogP contribution in [0.2, 0.25) is 5.28 Å². The number of anilines is 2. The van der Waals surface area contributed by atoms with E-state index in [9.17, 15) is 0 Å². The molecule has 0 unspecified atom stereocenters. The second-order valence-electron chi connectivity index (χ2n) is 4.64. The lowest BCUT2D eigenvalue weighted by molar-refractivity contribution is 0.331. The van der Waals surface area contributed by atoms with Crippen LogP contribution < -0.4 is 15.0 Å². The lowest BCUT2D eigenvalue weighted by Crippen LogP contribution is -2.27. The van der Waals surface area contributed by atoms with E-state index < -0.39 is 0 Å². The molecule has 0 amide bonds. The first-order valence-electron chi connectivity index (χ1n) is 6.87. The molecule has 0 aliphatic carbocycles. The highest BCUT2D eigenvalue weighted by Crippen LogP contribution is 2.25. The van der Waals surface area contributed by atoms with Crippen LogP contribution in [0.1, 0.15) is 12.5 Å². The molecule has 2 aromatic rings. The Hall–Kier alpha value is -2.08.